The predicted molar refractivity (Wildman–Crippen MR) is 88.1 cm³/mol. The molecule has 112 valence electrons. The molecule has 1 saturated carbocycles. The van der Waals surface area contributed by atoms with Gasteiger partial charge >= 0.3 is 0 Å². The van der Waals surface area contributed by atoms with E-state index in [-0.39, 0.29) is 0 Å². The summed E-state index contributed by atoms with van der Waals surface area (Å²) in [5.74, 6) is 0.767. The van der Waals surface area contributed by atoms with Crippen molar-refractivity contribution in [2.45, 2.75) is 44.2 Å². The molecule has 1 aromatic rings. The van der Waals surface area contributed by atoms with Crippen LogP contribution >= 0.6 is 31.9 Å². The zero-order chi connectivity index (χ0) is 14.6. The summed E-state index contributed by atoms with van der Waals surface area (Å²) in [5, 5.41) is 13.6. The van der Waals surface area contributed by atoms with E-state index in [2.05, 4.69) is 37.2 Å². The van der Waals surface area contributed by atoms with E-state index in [0.717, 1.165) is 46.9 Å². The zero-order valence-corrected chi connectivity index (χ0v) is 14.9. The van der Waals surface area contributed by atoms with Crippen molar-refractivity contribution >= 4 is 31.9 Å². The van der Waals surface area contributed by atoms with Crippen LogP contribution in [0.5, 0.6) is 5.75 Å². The molecule has 0 bridgehead atoms. The van der Waals surface area contributed by atoms with Gasteiger partial charge in [0.2, 0.25) is 0 Å². The van der Waals surface area contributed by atoms with E-state index in [4.69, 9.17) is 4.74 Å². The number of ether oxygens (including phenoxy) is 1. The Balaban J connectivity index is 2.05. The SMILES string of the molecule is CNCc1cc(Br)c(OCC2(O)CCCCC2)c(Br)c1. The van der Waals surface area contributed by atoms with Crippen molar-refractivity contribution in [3.63, 3.8) is 0 Å². The van der Waals surface area contributed by atoms with Crippen LogP contribution in [0.25, 0.3) is 0 Å². The van der Waals surface area contributed by atoms with Gasteiger partial charge in [-0.1, -0.05) is 19.3 Å². The summed E-state index contributed by atoms with van der Waals surface area (Å²) in [5.41, 5.74) is 0.510. The highest BCUT2D eigenvalue weighted by Gasteiger charge is 2.30. The van der Waals surface area contributed by atoms with Crippen molar-refractivity contribution in [1.29, 1.82) is 0 Å². The van der Waals surface area contributed by atoms with Gasteiger partial charge in [-0.15, -0.1) is 0 Å². The third-order valence-electron chi connectivity index (χ3n) is 3.71. The fraction of sp³-hybridized carbons (Fsp3) is 0.600. The number of nitrogens with one attached hydrogen (secondary N) is 1. The molecule has 0 aromatic heterocycles. The lowest BCUT2D eigenvalue weighted by Gasteiger charge is -2.32. The molecule has 5 heteroatoms. The molecule has 1 aromatic carbocycles. The van der Waals surface area contributed by atoms with Crippen molar-refractivity contribution in [1.82, 2.24) is 5.32 Å². The molecule has 1 aliphatic rings. The maximum absolute atomic E-state index is 10.5. The van der Waals surface area contributed by atoms with Crippen LogP contribution in [0, 0.1) is 0 Å². The van der Waals surface area contributed by atoms with Crippen LogP contribution in [0.1, 0.15) is 37.7 Å². The lowest BCUT2D eigenvalue weighted by molar-refractivity contribution is -0.0342. The molecular formula is C15H21Br2NO2. The minimum atomic E-state index is -0.666. The van der Waals surface area contributed by atoms with Gasteiger partial charge in [0, 0.05) is 6.54 Å². The van der Waals surface area contributed by atoms with Gasteiger partial charge in [-0.05, 0) is 69.4 Å². The Kier molecular flexibility index (Phi) is 5.90. The van der Waals surface area contributed by atoms with Crippen LogP contribution in [0.3, 0.4) is 0 Å². The van der Waals surface area contributed by atoms with Crippen molar-refractivity contribution in [2.75, 3.05) is 13.7 Å². The maximum Gasteiger partial charge on any atom is 0.147 e. The van der Waals surface area contributed by atoms with Gasteiger partial charge in [0.15, 0.2) is 0 Å². The molecular weight excluding hydrogens is 386 g/mol. The number of hydrogen-bond donors (Lipinski definition) is 2. The van der Waals surface area contributed by atoms with Crippen molar-refractivity contribution in [3.8, 4) is 5.75 Å². The van der Waals surface area contributed by atoms with Crippen LogP contribution in [0.4, 0.5) is 0 Å². The van der Waals surface area contributed by atoms with Crippen LogP contribution in [-0.2, 0) is 6.54 Å². The van der Waals surface area contributed by atoms with Crippen molar-refractivity contribution in [2.24, 2.45) is 0 Å². The Bertz CT molecular complexity index is 436. The summed E-state index contributed by atoms with van der Waals surface area (Å²) in [6.07, 6.45) is 5.06. The van der Waals surface area contributed by atoms with E-state index in [1.807, 2.05) is 19.2 Å². The highest BCUT2D eigenvalue weighted by Crippen LogP contribution is 2.36. The van der Waals surface area contributed by atoms with Gasteiger partial charge in [-0.3, -0.25) is 0 Å². The molecule has 2 N–H and O–H groups in total. The molecule has 0 atom stereocenters. The molecule has 0 unspecified atom stereocenters. The molecule has 1 aliphatic carbocycles. The fourth-order valence-electron chi connectivity index (χ4n) is 2.62. The first-order chi connectivity index (χ1) is 9.54. The van der Waals surface area contributed by atoms with E-state index >= 15 is 0 Å². The molecule has 0 spiro atoms. The Hall–Kier alpha value is -0.100. The lowest BCUT2D eigenvalue weighted by atomic mass is 9.85. The smallest absolute Gasteiger partial charge is 0.147 e. The van der Waals surface area contributed by atoms with E-state index < -0.39 is 5.60 Å². The molecule has 3 nitrogen and oxygen atoms in total. The second kappa shape index (κ2) is 7.25. The quantitative estimate of drug-likeness (QED) is 0.776. The fourth-order valence-corrected chi connectivity index (χ4v) is 4.13. The first-order valence-corrected chi connectivity index (χ1v) is 8.60. The maximum atomic E-state index is 10.5. The Morgan fingerprint density at radius 1 is 1.20 bits per heavy atom. The largest absolute Gasteiger partial charge is 0.488 e. The second-order valence-corrected chi connectivity index (χ2v) is 7.20. The van der Waals surface area contributed by atoms with Gasteiger partial charge in [0.05, 0.1) is 14.5 Å². The number of rotatable bonds is 5. The second-order valence-electron chi connectivity index (χ2n) is 5.49. The third kappa shape index (κ3) is 4.20. The predicted octanol–water partition coefficient (Wildman–Crippen LogP) is 4.01. The zero-order valence-electron chi connectivity index (χ0n) is 11.7. The molecule has 2 rings (SSSR count). The monoisotopic (exact) mass is 405 g/mol. The highest BCUT2D eigenvalue weighted by atomic mass is 79.9. The number of aliphatic hydroxyl groups is 1. The minimum absolute atomic E-state index is 0.357. The molecule has 0 amide bonds. The summed E-state index contributed by atoms with van der Waals surface area (Å²) in [6.45, 7) is 1.16. The molecule has 0 radical (unpaired) electrons. The van der Waals surface area contributed by atoms with Crippen LogP contribution in [-0.4, -0.2) is 24.4 Å². The average Bonchev–Trinajstić information content (AvgIpc) is 2.39. The first-order valence-electron chi connectivity index (χ1n) is 7.02. The topological polar surface area (TPSA) is 41.5 Å². The molecule has 0 saturated heterocycles. The van der Waals surface area contributed by atoms with Gasteiger partial charge in [-0.25, -0.2) is 0 Å². The summed E-state index contributed by atoms with van der Waals surface area (Å²) in [6, 6.07) is 4.09. The van der Waals surface area contributed by atoms with Crippen LogP contribution in [0.2, 0.25) is 0 Å². The van der Waals surface area contributed by atoms with Gasteiger partial charge < -0.3 is 15.2 Å². The summed E-state index contributed by atoms with van der Waals surface area (Å²) in [7, 11) is 1.92. The molecule has 0 aliphatic heterocycles. The number of hydrogen-bond acceptors (Lipinski definition) is 3. The minimum Gasteiger partial charge on any atom is -0.488 e. The van der Waals surface area contributed by atoms with Gasteiger partial charge in [0.25, 0.3) is 0 Å². The molecule has 1 fully saturated rings. The van der Waals surface area contributed by atoms with E-state index in [1.165, 1.54) is 12.0 Å². The highest BCUT2D eigenvalue weighted by molar-refractivity contribution is 9.11. The average molecular weight is 407 g/mol. The van der Waals surface area contributed by atoms with E-state index in [1.54, 1.807) is 0 Å². The Morgan fingerprint density at radius 2 is 1.80 bits per heavy atom. The third-order valence-corrected chi connectivity index (χ3v) is 4.89. The Morgan fingerprint density at radius 3 is 2.35 bits per heavy atom. The van der Waals surface area contributed by atoms with Crippen LogP contribution in [0.15, 0.2) is 21.1 Å². The molecule has 0 heterocycles. The van der Waals surface area contributed by atoms with Crippen molar-refractivity contribution < 1.29 is 9.84 Å². The van der Waals surface area contributed by atoms with E-state index in [9.17, 15) is 5.11 Å². The van der Waals surface area contributed by atoms with Crippen molar-refractivity contribution in [3.05, 3.63) is 26.6 Å². The lowest BCUT2D eigenvalue weighted by Crippen LogP contribution is -2.38. The van der Waals surface area contributed by atoms with E-state index in [0.29, 0.717) is 6.61 Å². The number of benzene rings is 1. The number of halogens is 2. The summed E-state index contributed by atoms with van der Waals surface area (Å²) >= 11 is 7.09. The normalized spacial score (nSPS) is 18.0. The molecule has 20 heavy (non-hydrogen) atoms. The van der Waals surface area contributed by atoms with Crippen LogP contribution < -0.4 is 10.1 Å². The standard InChI is InChI=1S/C15H21Br2NO2/c1-18-9-11-7-12(16)14(13(17)8-11)20-10-15(19)5-3-2-4-6-15/h7-8,18-19H,2-6,9-10H2,1H3. The first kappa shape index (κ1) is 16.3. The van der Waals surface area contributed by atoms with Gasteiger partial charge in [0.1, 0.15) is 12.4 Å². The van der Waals surface area contributed by atoms with Gasteiger partial charge in [-0.2, -0.15) is 0 Å². The Labute approximate surface area is 137 Å². The summed E-state index contributed by atoms with van der Waals surface area (Å²) in [4.78, 5) is 0. The summed E-state index contributed by atoms with van der Waals surface area (Å²) < 4.78 is 7.71.